The van der Waals surface area contributed by atoms with Gasteiger partial charge in [-0.05, 0) is 38.3 Å². The Hall–Kier alpha value is -1.31. The summed E-state index contributed by atoms with van der Waals surface area (Å²) in [6.45, 7) is 3.98. The summed E-state index contributed by atoms with van der Waals surface area (Å²) < 4.78 is 5.59. The van der Waals surface area contributed by atoms with Crippen LogP contribution in [0.4, 0.5) is 0 Å². The van der Waals surface area contributed by atoms with Gasteiger partial charge in [-0.25, -0.2) is 0 Å². The number of carbonyl (C=O) groups excluding carboxylic acids is 1. The van der Waals surface area contributed by atoms with Crippen LogP contribution in [0.3, 0.4) is 0 Å². The zero-order valence-electron chi connectivity index (χ0n) is 10.6. The molecule has 2 heteroatoms. The topological polar surface area (TPSA) is 26.3 Å². The van der Waals surface area contributed by atoms with E-state index in [1.54, 1.807) is 0 Å². The molecule has 17 heavy (non-hydrogen) atoms. The Morgan fingerprint density at radius 1 is 1.41 bits per heavy atom. The highest BCUT2D eigenvalue weighted by Crippen LogP contribution is 2.34. The molecular weight excluding hydrogens is 212 g/mol. The van der Waals surface area contributed by atoms with E-state index in [9.17, 15) is 4.79 Å². The van der Waals surface area contributed by atoms with E-state index in [1.165, 1.54) is 12.8 Å². The zero-order valence-corrected chi connectivity index (χ0v) is 10.6. The van der Waals surface area contributed by atoms with Crippen LogP contribution in [0.1, 0.15) is 49.9 Å². The van der Waals surface area contributed by atoms with Crippen LogP contribution in [0.2, 0.25) is 0 Å². The first kappa shape index (κ1) is 12.2. The van der Waals surface area contributed by atoms with E-state index in [0.29, 0.717) is 6.42 Å². The minimum absolute atomic E-state index is 0.145. The average Bonchev–Trinajstić information content (AvgIpc) is 3.09. The van der Waals surface area contributed by atoms with Crippen molar-refractivity contribution in [1.82, 2.24) is 0 Å². The molecule has 1 aromatic rings. The average molecular weight is 232 g/mol. The Bertz CT molecular complexity index is 392. The van der Waals surface area contributed by atoms with Crippen LogP contribution in [-0.4, -0.2) is 11.9 Å². The second kappa shape index (κ2) is 5.35. The van der Waals surface area contributed by atoms with Crippen molar-refractivity contribution in [3.05, 3.63) is 29.8 Å². The lowest BCUT2D eigenvalue weighted by Crippen LogP contribution is -2.06. The van der Waals surface area contributed by atoms with Gasteiger partial charge in [-0.1, -0.05) is 25.0 Å². The molecule has 0 spiro atoms. The lowest BCUT2D eigenvalue weighted by Gasteiger charge is -2.10. The van der Waals surface area contributed by atoms with Gasteiger partial charge in [-0.3, -0.25) is 4.79 Å². The smallest absolute Gasteiger partial charge is 0.163 e. The number of hydrogen-bond donors (Lipinski definition) is 0. The normalized spacial score (nSPS) is 15.0. The molecule has 0 saturated heterocycles. The Morgan fingerprint density at radius 3 is 2.82 bits per heavy atom. The van der Waals surface area contributed by atoms with Crippen molar-refractivity contribution in [3.8, 4) is 5.75 Å². The molecule has 0 atom stereocenters. The molecule has 1 aliphatic carbocycles. The number of ether oxygens (including phenoxy) is 1. The Labute approximate surface area is 103 Å². The zero-order chi connectivity index (χ0) is 12.3. The highest BCUT2D eigenvalue weighted by molar-refractivity contribution is 5.96. The SMILES string of the molecule is CC(C)Oc1cccc(C(=O)CCC2CC2)c1. The van der Waals surface area contributed by atoms with E-state index in [4.69, 9.17) is 4.74 Å². The minimum atomic E-state index is 0.145. The fourth-order valence-electron chi connectivity index (χ4n) is 1.90. The van der Waals surface area contributed by atoms with Crippen LogP contribution in [0, 0.1) is 5.92 Å². The molecule has 1 aromatic carbocycles. The minimum Gasteiger partial charge on any atom is -0.491 e. The van der Waals surface area contributed by atoms with Gasteiger partial charge < -0.3 is 4.74 Å². The molecule has 0 heterocycles. The molecule has 0 bridgehead atoms. The third-order valence-electron chi connectivity index (χ3n) is 3.00. The fraction of sp³-hybridized carbons (Fsp3) is 0.533. The third kappa shape index (κ3) is 3.88. The van der Waals surface area contributed by atoms with E-state index >= 15 is 0 Å². The van der Waals surface area contributed by atoms with Gasteiger partial charge in [-0.15, -0.1) is 0 Å². The number of hydrogen-bond acceptors (Lipinski definition) is 2. The van der Waals surface area contributed by atoms with Crippen molar-refractivity contribution >= 4 is 5.78 Å². The van der Waals surface area contributed by atoms with Crippen LogP contribution in [-0.2, 0) is 0 Å². The van der Waals surface area contributed by atoms with Crippen LogP contribution in [0.25, 0.3) is 0 Å². The van der Waals surface area contributed by atoms with Crippen LogP contribution < -0.4 is 4.74 Å². The van der Waals surface area contributed by atoms with Gasteiger partial charge >= 0.3 is 0 Å². The Morgan fingerprint density at radius 2 is 2.18 bits per heavy atom. The highest BCUT2D eigenvalue weighted by atomic mass is 16.5. The molecule has 92 valence electrons. The Balaban J connectivity index is 1.95. The number of rotatable bonds is 6. The van der Waals surface area contributed by atoms with Crippen molar-refractivity contribution in [3.63, 3.8) is 0 Å². The van der Waals surface area contributed by atoms with Gasteiger partial charge in [0.15, 0.2) is 5.78 Å². The summed E-state index contributed by atoms with van der Waals surface area (Å²) >= 11 is 0. The van der Waals surface area contributed by atoms with Crippen LogP contribution in [0.15, 0.2) is 24.3 Å². The highest BCUT2D eigenvalue weighted by Gasteiger charge is 2.22. The van der Waals surface area contributed by atoms with E-state index in [1.807, 2.05) is 38.1 Å². The van der Waals surface area contributed by atoms with Gasteiger partial charge in [0, 0.05) is 12.0 Å². The maximum absolute atomic E-state index is 12.0. The first-order valence-corrected chi connectivity index (χ1v) is 6.45. The lowest BCUT2D eigenvalue weighted by atomic mass is 10.0. The first-order valence-electron chi connectivity index (χ1n) is 6.45. The third-order valence-corrected chi connectivity index (χ3v) is 3.00. The summed E-state index contributed by atoms with van der Waals surface area (Å²) in [6, 6.07) is 7.53. The first-order chi connectivity index (χ1) is 8.15. The largest absolute Gasteiger partial charge is 0.491 e. The number of carbonyl (C=O) groups is 1. The monoisotopic (exact) mass is 232 g/mol. The quantitative estimate of drug-likeness (QED) is 0.696. The summed E-state index contributed by atoms with van der Waals surface area (Å²) in [5.41, 5.74) is 0.781. The summed E-state index contributed by atoms with van der Waals surface area (Å²) in [5, 5.41) is 0. The number of benzene rings is 1. The van der Waals surface area contributed by atoms with Gasteiger partial charge in [0.05, 0.1) is 6.10 Å². The molecule has 1 aliphatic rings. The summed E-state index contributed by atoms with van der Waals surface area (Å²) in [7, 11) is 0. The van der Waals surface area contributed by atoms with Gasteiger partial charge in [-0.2, -0.15) is 0 Å². The van der Waals surface area contributed by atoms with Crippen molar-refractivity contribution < 1.29 is 9.53 Å². The summed E-state index contributed by atoms with van der Waals surface area (Å²) in [5.74, 6) is 1.84. The second-order valence-corrected chi connectivity index (χ2v) is 5.10. The molecule has 0 radical (unpaired) electrons. The predicted octanol–water partition coefficient (Wildman–Crippen LogP) is 3.85. The van der Waals surface area contributed by atoms with Gasteiger partial charge in [0.2, 0.25) is 0 Å². The van der Waals surface area contributed by atoms with E-state index < -0.39 is 0 Å². The fourth-order valence-corrected chi connectivity index (χ4v) is 1.90. The van der Waals surface area contributed by atoms with Crippen molar-refractivity contribution in [2.24, 2.45) is 5.92 Å². The van der Waals surface area contributed by atoms with Gasteiger partial charge in [0.1, 0.15) is 5.75 Å². The molecule has 2 nitrogen and oxygen atoms in total. The molecule has 0 aromatic heterocycles. The number of Topliss-reactive ketones (excluding diaryl/α,β-unsaturated/α-hetero) is 1. The van der Waals surface area contributed by atoms with Crippen LogP contribution >= 0.6 is 0 Å². The molecule has 1 saturated carbocycles. The molecule has 0 amide bonds. The van der Waals surface area contributed by atoms with Crippen LogP contribution in [0.5, 0.6) is 5.75 Å². The summed E-state index contributed by atoms with van der Waals surface area (Å²) in [6.07, 6.45) is 4.49. The maximum atomic E-state index is 12.0. The molecule has 0 unspecified atom stereocenters. The van der Waals surface area contributed by atoms with Crippen molar-refractivity contribution in [2.45, 2.75) is 45.6 Å². The maximum Gasteiger partial charge on any atom is 0.163 e. The molecular formula is C15H20O2. The molecule has 0 aliphatic heterocycles. The number of ketones is 1. The molecule has 2 rings (SSSR count). The standard InChI is InChI=1S/C15H20O2/c1-11(2)17-14-5-3-4-13(10-14)15(16)9-8-12-6-7-12/h3-5,10-12H,6-9H2,1-2H3. The predicted molar refractivity (Wildman–Crippen MR) is 68.5 cm³/mol. The van der Waals surface area contributed by atoms with Crippen molar-refractivity contribution in [1.29, 1.82) is 0 Å². The van der Waals surface area contributed by atoms with E-state index in [0.717, 1.165) is 23.7 Å². The molecule has 0 N–H and O–H groups in total. The second-order valence-electron chi connectivity index (χ2n) is 5.10. The Kier molecular flexibility index (Phi) is 3.82. The van der Waals surface area contributed by atoms with E-state index in [-0.39, 0.29) is 11.9 Å². The lowest BCUT2D eigenvalue weighted by molar-refractivity contribution is 0.0977. The van der Waals surface area contributed by atoms with E-state index in [2.05, 4.69) is 0 Å². The van der Waals surface area contributed by atoms with Gasteiger partial charge in [0.25, 0.3) is 0 Å². The summed E-state index contributed by atoms with van der Waals surface area (Å²) in [4.78, 5) is 12.0. The van der Waals surface area contributed by atoms with Crippen molar-refractivity contribution in [2.75, 3.05) is 0 Å². The molecule has 1 fully saturated rings.